The molecule has 3 aromatic rings. The van der Waals surface area contributed by atoms with Crippen molar-refractivity contribution in [1.82, 2.24) is 13.6 Å². The minimum atomic E-state index is -3.99. The molecule has 3 saturated carbocycles. The fourth-order valence-corrected chi connectivity index (χ4v) is 10.4. The van der Waals surface area contributed by atoms with E-state index in [9.17, 15) is 18.0 Å². The highest BCUT2D eigenvalue weighted by molar-refractivity contribution is 7.87. The number of methoxy groups -OCH3 is 1. The minimum Gasteiger partial charge on any atom is -0.497 e. The molecule has 0 saturated heterocycles. The van der Waals surface area contributed by atoms with Crippen LogP contribution in [0.2, 0.25) is 0 Å². The lowest BCUT2D eigenvalue weighted by atomic mass is 9.69. The molecular formula is C40H53N3O6S. The summed E-state index contributed by atoms with van der Waals surface area (Å²) >= 11 is 0. The van der Waals surface area contributed by atoms with Crippen LogP contribution < -0.4 is 9.46 Å². The molecule has 4 aliphatic rings. The van der Waals surface area contributed by atoms with Crippen LogP contribution in [0.5, 0.6) is 5.75 Å². The SMILES string of the molecule is COc1ccc2c(c1)C(C)C(C)(C(=O)O[C@@H]1C[C@@H]3CC[C@@]1(C)C3(C)C)Cn1c-2c(C2CCCCC2)c2ccc(C(=O)NS(=O)(=O)N(C)C)cc21. The number of ether oxygens (including phenoxy) is 2. The number of amides is 1. The van der Waals surface area contributed by atoms with Gasteiger partial charge in [-0.3, -0.25) is 9.59 Å². The summed E-state index contributed by atoms with van der Waals surface area (Å²) in [5, 5.41) is 1.04. The van der Waals surface area contributed by atoms with Gasteiger partial charge in [0, 0.05) is 48.1 Å². The highest BCUT2D eigenvalue weighted by Crippen LogP contribution is 2.66. The number of fused-ring (bicyclic) bond motifs is 7. The molecule has 0 spiro atoms. The first kappa shape index (κ1) is 35.1. The maximum Gasteiger partial charge on any atom is 0.314 e. The molecule has 0 radical (unpaired) electrons. The molecule has 1 N–H and O–H groups in total. The summed E-state index contributed by atoms with van der Waals surface area (Å²) in [7, 11) is 0.441. The third-order valence-corrected chi connectivity index (χ3v) is 15.3. The van der Waals surface area contributed by atoms with Crippen molar-refractivity contribution in [2.24, 2.45) is 22.2 Å². The summed E-state index contributed by atoms with van der Waals surface area (Å²) in [6, 6.07) is 11.7. The Morgan fingerprint density at radius 3 is 2.32 bits per heavy atom. The lowest BCUT2D eigenvalue weighted by molar-refractivity contribution is -0.170. The highest BCUT2D eigenvalue weighted by Gasteiger charge is 2.63. The quantitative estimate of drug-likeness (QED) is 0.252. The number of hydrogen-bond donors (Lipinski definition) is 1. The zero-order valence-electron chi connectivity index (χ0n) is 30.9. The van der Waals surface area contributed by atoms with Gasteiger partial charge in [-0.05, 0) is 104 Å². The predicted octanol–water partition coefficient (Wildman–Crippen LogP) is 7.78. The number of nitrogens with zero attached hydrogens (tertiary/aromatic N) is 2. The normalized spacial score (nSPS) is 29.0. The molecule has 270 valence electrons. The Morgan fingerprint density at radius 1 is 0.980 bits per heavy atom. The van der Waals surface area contributed by atoms with Crippen LogP contribution in [0.4, 0.5) is 0 Å². The van der Waals surface area contributed by atoms with Gasteiger partial charge in [-0.1, -0.05) is 53.0 Å². The number of carbonyl (C=O) groups excluding carboxylic acids is 2. The molecule has 10 heteroatoms. The molecular weight excluding hydrogens is 651 g/mol. The van der Waals surface area contributed by atoms with E-state index in [-0.39, 0.29) is 34.4 Å². The zero-order valence-corrected chi connectivity index (χ0v) is 31.7. The van der Waals surface area contributed by atoms with Crippen molar-refractivity contribution in [1.29, 1.82) is 0 Å². The maximum atomic E-state index is 14.9. The third kappa shape index (κ3) is 5.22. The molecule has 2 heterocycles. The zero-order chi connectivity index (χ0) is 36.0. The van der Waals surface area contributed by atoms with Gasteiger partial charge in [-0.15, -0.1) is 0 Å². The smallest absolute Gasteiger partial charge is 0.314 e. The first-order valence-electron chi connectivity index (χ1n) is 18.3. The molecule has 9 nitrogen and oxygen atoms in total. The molecule has 3 aliphatic carbocycles. The van der Waals surface area contributed by atoms with Crippen molar-refractivity contribution in [3.05, 3.63) is 53.1 Å². The summed E-state index contributed by atoms with van der Waals surface area (Å²) < 4.78 is 43.1. The molecule has 2 bridgehead atoms. The second kappa shape index (κ2) is 12.1. The monoisotopic (exact) mass is 703 g/mol. The van der Waals surface area contributed by atoms with Crippen molar-refractivity contribution < 1.29 is 27.5 Å². The van der Waals surface area contributed by atoms with Crippen LogP contribution in [-0.2, 0) is 26.3 Å². The van der Waals surface area contributed by atoms with Crippen LogP contribution in [0.1, 0.15) is 119 Å². The van der Waals surface area contributed by atoms with E-state index < -0.39 is 21.5 Å². The van der Waals surface area contributed by atoms with Gasteiger partial charge in [0.2, 0.25) is 0 Å². The molecule has 2 unspecified atom stereocenters. The average Bonchev–Trinajstić information content (AvgIpc) is 3.56. The van der Waals surface area contributed by atoms with E-state index in [1.54, 1.807) is 19.2 Å². The van der Waals surface area contributed by atoms with Crippen molar-refractivity contribution >= 4 is 33.0 Å². The summed E-state index contributed by atoms with van der Waals surface area (Å²) in [5.74, 6) is 0.469. The van der Waals surface area contributed by atoms with Crippen LogP contribution in [0.3, 0.4) is 0 Å². The third-order valence-electron chi connectivity index (χ3n) is 13.9. The Balaban J connectivity index is 1.41. The molecule has 5 atom stereocenters. The second-order valence-corrected chi connectivity index (χ2v) is 18.6. The predicted molar refractivity (Wildman–Crippen MR) is 195 cm³/mol. The Hall–Kier alpha value is -3.37. The van der Waals surface area contributed by atoms with Gasteiger partial charge in [0.25, 0.3) is 5.91 Å². The van der Waals surface area contributed by atoms with E-state index in [0.29, 0.717) is 18.4 Å². The molecule has 3 fully saturated rings. The molecule has 1 aromatic heterocycles. The van der Waals surface area contributed by atoms with Crippen LogP contribution in [0.25, 0.3) is 22.2 Å². The van der Waals surface area contributed by atoms with Crippen molar-refractivity contribution in [2.45, 2.75) is 110 Å². The lowest BCUT2D eigenvalue weighted by Gasteiger charge is -2.41. The lowest BCUT2D eigenvalue weighted by Crippen LogP contribution is -2.44. The minimum absolute atomic E-state index is 0.0760. The highest BCUT2D eigenvalue weighted by atomic mass is 32.2. The average molecular weight is 704 g/mol. The van der Waals surface area contributed by atoms with Crippen LogP contribution in [0.15, 0.2) is 36.4 Å². The van der Waals surface area contributed by atoms with Crippen LogP contribution in [0, 0.1) is 22.2 Å². The summed E-state index contributed by atoms with van der Waals surface area (Å²) in [4.78, 5) is 28.3. The molecule has 7 rings (SSSR count). The van der Waals surface area contributed by atoms with Crippen molar-refractivity contribution in [2.75, 3.05) is 21.2 Å². The largest absolute Gasteiger partial charge is 0.497 e. The Bertz CT molecular complexity index is 1980. The van der Waals surface area contributed by atoms with Gasteiger partial charge < -0.3 is 14.0 Å². The number of hydrogen-bond acceptors (Lipinski definition) is 6. The Morgan fingerprint density at radius 2 is 1.70 bits per heavy atom. The number of nitrogens with one attached hydrogen (secondary N) is 1. The van der Waals surface area contributed by atoms with Gasteiger partial charge in [0.15, 0.2) is 0 Å². The topological polar surface area (TPSA) is 107 Å². The first-order valence-corrected chi connectivity index (χ1v) is 19.8. The summed E-state index contributed by atoms with van der Waals surface area (Å²) in [6.45, 7) is 11.5. The molecule has 1 aliphatic heterocycles. The summed E-state index contributed by atoms with van der Waals surface area (Å²) in [5.41, 5.74) is 4.53. The van der Waals surface area contributed by atoms with Gasteiger partial charge in [-0.25, -0.2) is 4.72 Å². The molecule has 1 amide bonds. The standard InChI is InChI=1S/C40H53N3O6S/c1-24-31-22-28(48-8)15-17-29(31)35-34(25-12-10-9-11-13-25)30-16-14-26(36(44)41-50(46,47)42(6)7)20-32(30)43(35)23-39(24,4)37(45)49-33-21-27-18-19-40(33,5)38(27,2)3/h14-17,20,22,24-25,27,33H,9-13,18-19,21,23H2,1-8H3,(H,41,44)/t24?,27-,33+,39?,40+/m0/s1. The van der Waals surface area contributed by atoms with Crippen molar-refractivity contribution in [3.63, 3.8) is 0 Å². The second-order valence-electron chi connectivity index (χ2n) is 16.7. The van der Waals surface area contributed by atoms with Crippen LogP contribution >= 0.6 is 0 Å². The van der Waals surface area contributed by atoms with Crippen molar-refractivity contribution in [3.8, 4) is 17.0 Å². The van der Waals surface area contributed by atoms with E-state index >= 15 is 0 Å². The number of esters is 1. The fourth-order valence-electron chi connectivity index (χ4n) is 9.91. The van der Waals surface area contributed by atoms with E-state index in [1.807, 2.05) is 19.1 Å². The molecule has 50 heavy (non-hydrogen) atoms. The fraction of sp³-hybridized carbons (Fsp3) is 0.600. The Labute approximate surface area is 297 Å². The molecule has 2 aromatic carbocycles. The van der Waals surface area contributed by atoms with Gasteiger partial charge in [-0.2, -0.15) is 12.7 Å². The van der Waals surface area contributed by atoms with E-state index in [1.165, 1.54) is 32.5 Å². The number of rotatable bonds is 7. The first-order chi connectivity index (χ1) is 23.5. The van der Waals surface area contributed by atoms with Gasteiger partial charge in [0.05, 0.1) is 18.2 Å². The van der Waals surface area contributed by atoms with Gasteiger partial charge >= 0.3 is 16.2 Å². The number of benzene rings is 2. The van der Waals surface area contributed by atoms with Gasteiger partial charge in [0.1, 0.15) is 11.9 Å². The number of aromatic nitrogens is 1. The van der Waals surface area contributed by atoms with E-state index in [0.717, 1.165) is 76.3 Å². The summed E-state index contributed by atoms with van der Waals surface area (Å²) in [6.07, 6.45) is 8.60. The van der Waals surface area contributed by atoms with Crippen LogP contribution in [-0.4, -0.2) is 56.5 Å². The Kier molecular flexibility index (Phi) is 8.49. The maximum absolute atomic E-state index is 14.9. The van der Waals surface area contributed by atoms with E-state index in [4.69, 9.17) is 9.47 Å². The number of carbonyl (C=O) groups is 2. The van der Waals surface area contributed by atoms with E-state index in [2.05, 4.69) is 49.1 Å².